The number of amides is 1. The Bertz CT molecular complexity index is 1360. The summed E-state index contributed by atoms with van der Waals surface area (Å²) >= 11 is 0. The van der Waals surface area contributed by atoms with Crippen LogP contribution in [0, 0.1) is 17.3 Å². The Morgan fingerprint density at radius 3 is 2.56 bits per heavy atom. The summed E-state index contributed by atoms with van der Waals surface area (Å²) < 4.78 is 40.5. The predicted molar refractivity (Wildman–Crippen MR) is 146 cm³/mol. The van der Waals surface area contributed by atoms with Crippen LogP contribution in [-0.4, -0.2) is 59.2 Å². The second-order valence-electron chi connectivity index (χ2n) is 8.77. The quantitative estimate of drug-likeness (QED) is 0.272. The molecule has 0 atom stereocenters. The number of halogens is 3. The van der Waals surface area contributed by atoms with Crippen LogP contribution in [0.5, 0.6) is 0 Å². The molecule has 3 heterocycles. The molecule has 1 aliphatic rings. The Kier molecular flexibility index (Phi) is 10.5. The summed E-state index contributed by atoms with van der Waals surface area (Å²) in [6.45, 7) is 2.08. The molecule has 0 radical (unpaired) electrons. The van der Waals surface area contributed by atoms with E-state index < -0.39 is 17.6 Å². The molecule has 1 aromatic carbocycles. The first-order chi connectivity index (χ1) is 18.7. The summed E-state index contributed by atoms with van der Waals surface area (Å²) in [5, 5.41) is 12.3. The number of alkyl halides is 3. The zero-order chi connectivity index (χ0) is 28.3. The lowest BCUT2D eigenvalue weighted by molar-refractivity contribution is -0.137. The molecule has 11 heteroatoms. The van der Waals surface area contributed by atoms with Crippen molar-refractivity contribution < 1.29 is 18.0 Å². The van der Waals surface area contributed by atoms with Crippen LogP contribution < -0.4 is 10.6 Å². The molecular formula is C28H30F3N7O. The number of aromatic amines is 1. The van der Waals surface area contributed by atoms with Crippen LogP contribution in [-0.2, 0) is 12.7 Å². The summed E-state index contributed by atoms with van der Waals surface area (Å²) in [4.78, 5) is 26.0. The van der Waals surface area contributed by atoms with Crippen molar-refractivity contribution in [2.24, 2.45) is 0 Å². The van der Waals surface area contributed by atoms with Gasteiger partial charge in [0.05, 0.1) is 17.3 Å². The van der Waals surface area contributed by atoms with Crippen molar-refractivity contribution in [3.63, 3.8) is 0 Å². The third-order valence-corrected chi connectivity index (χ3v) is 5.47. The van der Waals surface area contributed by atoms with Crippen molar-refractivity contribution in [2.45, 2.75) is 25.6 Å². The number of imidazole rings is 1. The van der Waals surface area contributed by atoms with Crippen molar-refractivity contribution >= 4 is 23.9 Å². The predicted octanol–water partition coefficient (Wildman–Crippen LogP) is 4.57. The standard InChI is InChI=1S/C26H23F3N6O.C2H7N/c27-26(28,29)21-11-19(17-35-8-1-2-9-35)12-23(13-21)34-25(36)20-10-18(14-31-15-20)5-6-22-16-32-24(33-22)4-3-7-30;1-3-2/h3-4,7,10-16,30H,1-2,8-9,17H2,(H,32,33)(H,34,36);3H,1-2H3/b4-3-,30-7?;. The third kappa shape index (κ3) is 9.21. The average Bonchev–Trinajstić information content (AvgIpc) is 3.58. The number of H-pyrrole nitrogens is 1. The van der Waals surface area contributed by atoms with Gasteiger partial charge >= 0.3 is 6.18 Å². The maximum atomic E-state index is 13.5. The van der Waals surface area contributed by atoms with Crippen molar-refractivity contribution in [2.75, 3.05) is 32.5 Å². The first kappa shape index (κ1) is 29.3. The number of aromatic nitrogens is 3. The molecule has 1 aliphatic heterocycles. The highest BCUT2D eigenvalue weighted by molar-refractivity contribution is 6.04. The Balaban J connectivity index is 0.00000134. The van der Waals surface area contributed by atoms with Crippen molar-refractivity contribution in [3.05, 3.63) is 82.7 Å². The minimum absolute atomic E-state index is 0.0727. The summed E-state index contributed by atoms with van der Waals surface area (Å²) in [5.41, 5.74) is 0.912. The van der Waals surface area contributed by atoms with E-state index in [1.54, 1.807) is 12.1 Å². The van der Waals surface area contributed by atoms with E-state index in [-0.39, 0.29) is 11.3 Å². The van der Waals surface area contributed by atoms with E-state index in [1.807, 2.05) is 14.1 Å². The molecule has 39 heavy (non-hydrogen) atoms. The number of anilines is 1. The van der Waals surface area contributed by atoms with Gasteiger partial charge in [0.25, 0.3) is 5.91 Å². The average molecular weight is 538 g/mol. The number of benzene rings is 1. The molecule has 4 N–H and O–H groups in total. The zero-order valence-corrected chi connectivity index (χ0v) is 21.7. The maximum Gasteiger partial charge on any atom is 0.416 e. The smallest absolute Gasteiger partial charge is 0.332 e. The van der Waals surface area contributed by atoms with Crippen LogP contribution >= 0.6 is 0 Å². The van der Waals surface area contributed by atoms with Gasteiger partial charge in [0.2, 0.25) is 0 Å². The molecule has 4 rings (SSSR count). The molecule has 1 fully saturated rings. The Morgan fingerprint density at radius 2 is 1.87 bits per heavy atom. The fourth-order valence-electron chi connectivity index (χ4n) is 3.82. The second-order valence-corrected chi connectivity index (χ2v) is 8.77. The maximum absolute atomic E-state index is 13.5. The number of carbonyl (C=O) groups excluding carboxylic acids is 1. The summed E-state index contributed by atoms with van der Waals surface area (Å²) in [7, 11) is 3.75. The summed E-state index contributed by atoms with van der Waals surface area (Å²) in [6.07, 6.45) is 6.13. The number of allylic oxidation sites excluding steroid dienone is 1. The molecule has 0 spiro atoms. The van der Waals surface area contributed by atoms with Gasteiger partial charge < -0.3 is 21.0 Å². The first-order valence-electron chi connectivity index (χ1n) is 12.2. The van der Waals surface area contributed by atoms with Gasteiger partial charge in [-0.1, -0.05) is 5.92 Å². The van der Waals surface area contributed by atoms with Gasteiger partial charge in [-0.25, -0.2) is 4.98 Å². The molecule has 1 saturated heterocycles. The fraction of sp³-hybridized carbons (Fsp3) is 0.286. The van der Waals surface area contributed by atoms with Crippen LogP contribution in [0.25, 0.3) is 6.08 Å². The van der Waals surface area contributed by atoms with E-state index >= 15 is 0 Å². The zero-order valence-electron chi connectivity index (χ0n) is 21.7. The SMILES string of the molecule is CNC.N=C/C=C\c1ncc(C#Cc2cncc(C(=O)Nc3cc(CN4CCCC4)cc(C(F)(F)F)c3)c2)[nH]1. The molecule has 204 valence electrons. The molecular weight excluding hydrogens is 507 g/mol. The Hall–Kier alpha value is -4.27. The first-order valence-corrected chi connectivity index (χ1v) is 12.2. The minimum atomic E-state index is -4.53. The third-order valence-electron chi connectivity index (χ3n) is 5.47. The molecule has 3 aromatic rings. The van der Waals surface area contributed by atoms with Gasteiger partial charge in [-0.2, -0.15) is 13.2 Å². The number of carbonyl (C=O) groups is 1. The lowest BCUT2D eigenvalue weighted by atomic mass is 10.1. The van der Waals surface area contributed by atoms with Gasteiger partial charge in [0.15, 0.2) is 0 Å². The second kappa shape index (κ2) is 14.0. The highest BCUT2D eigenvalue weighted by Gasteiger charge is 2.31. The number of likely N-dealkylation sites (tertiary alicyclic amines) is 1. The number of nitrogens with zero attached hydrogens (tertiary/aromatic N) is 3. The van der Waals surface area contributed by atoms with Crippen LogP contribution in [0.2, 0.25) is 0 Å². The van der Waals surface area contributed by atoms with E-state index in [2.05, 4.69) is 42.3 Å². The number of pyridine rings is 1. The van der Waals surface area contributed by atoms with Gasteiger partial charge in [-0.05, 0) is 87.9 Å². The van der Waals surface area contributed by atoms with Gasteiger partial charge in [-0.15, -0.1) is 0 Å². The van der Waals surface area contributed by atoms with Crippen molar-refractivity contribution in [1.82, 2.24) is 25.2 Å². The number of rotatable bonds is 6. The van der Waals surface area contributed by atoms with Gasteiger partial charge in [-0.3, -0.25) is 14.7 Å². The lowest BCUT2D eigenvalue weighted by Crippen LogP contribution is -2.19. The molecule has 0 aliphatic carbocycles. The summed E-state index contributed by atoms with van der Waals surface area (Å²) in [6, 6.07) is 5.16. The van der Waals surface area contributed by atoms with Crippen LogP contribution in [0.1, 0.15) is 51.4 Å². The topological polar surface area (TPSA) is 110 Å². The molecule has 0 bridgehead atoms. The van der Waals surface area contributed by atoms with E-state index in [0.29, 0.717) is 29.2 Å². The van der Waals surface area contributed by atoms with E-state index in [4.69, 9.17) is 5.41 Å². The highest BCUT2D eigenvalue weighted by Crippen LogP contribution is 2.32. The Morgan fingerprint density at radius 1 is 1.13 bits per heavy atom. The fourth-order valence-corrected chi connectivity index (χ4v) is 3.82. The number of hydrogen-bond acceptors (Lipinski definition) is 6. The Labute approximate surface area is 225 Å². The van der Waals surface area contributed by atoms with Crippen LogP contribution in [0.4, 0.5) is 18.9 Å². The van der Waals surface area contributed by atoms with Crippen molar-refractivity contribution in [3.8, 4) is 11.8 Å². The van der Waals surface area contributed by atoms with E-state index in [1.165, 1.54) is 30.7 Å². The van der Waals surface area contributed by atoms with Crippen molar-refractivity contribution in [1.29, 1.82) is 5.41 Å². The molecule has 0 saturated carbocycles. The largest absolute Gasteiger partial charge is 0.416 e. The van der Waals surface area contributed by atoms with E-state index in [9.17, 15) is 18.0 Å². The normalized spacial score (nSPS) is 13.4. The molecule has 0 unspecified atom stereocenters. The van der Waals surface area contributed by atoms with E-state index in [0.717, 1.165) is 44.3 Å². The van der Waals surface area contributed by atoms with Gasteiger partial charge in [0, 0.05) is 36.4 Å². The lowest BCUT2D eigenvalue weighted by Gasteiger charge is -2.18. The van der Waals surface area contributed by atoms with Gasteiger partial charge in [0.1, 0.15) is 11.5 Å². The molecule has 8 nitrogen and oxygen atoms in total. The monoisotopic (exact) mass is 537 g/mol. The highest BCUT2D eigenvalue weighted by atomic mass is 19.4. The minimum Gasteiger partial charge on any atom is -0.332 e. The number of hydrogen-bond donors (Lipinski definition) is 4. The summed E-state index contributed by atoms with van der Waals surface area (Å²) in [5.74, 6) is 5.72. The number of nitrogens with one attached hydrogen (secondary N) is 4. The molecule has 2 aromatic heterocycles. The van der Waals surface area contributed by atoms with Crippen LogP contribution in [0.15, 0.2) is 48.9 Å². The van der Waals surface area contributed by atoms with Crippen LogP contribution in [0.3, 0.4) is 0 Å². The molecule has 1 amide bonds.